The van der Waals surface area contributed by atoms with Crippen molar-refractivity contribution in [2.45, 2.75) is 91.4 Å². The van der Waals surface area contributed by atoms with Crippen LogP contribution in [0.3, 0.4) is 0 Å². The van der Waals surface area contributed by atoms with Crippen LogP contribution in [-0.4, -0.2) is 60.4 Å². The van der Waals surface area contributed by atoms with E-state index in [9.17, 15) is 14.4 Å². The molecule has 1 amide bonds. The van der Waals surface area contributed by atoms with Crippen molar-refractivity contribution in [2.75, 3.05) is 19.8 Å². The van der Waals surface area contributed by atoms with Gasteiger partial charge in [-0.2, -0.15) is 0 Å². The maximum absolute atomic E-state index is 12.2. The molecule has 0 bridgehead atoms. The van der Waals surface area contributed by atoms with Crippen LogP contribution in [0.2, 0.25) is 0 Å². The molecule has 0 spiro atoms. The summed E-state index contributed by atoms with van der Waals surface area (Å²) in [6.07, 6.45) is 5.04. The third-order valence-corrected chi connectivity index (χ3v) is 5.60. The van der Waals surface area contributed by atoms with E-state index >= 15 is 0 Å². The van der Waals surface area contributed by atoms with Crippen molar-refractivity contribution in [1.82, 2.24) is 4.90 Å². The first kappa shape index (κ1) is 23.0. The lowest BCUT2D eigenvalue weighted by molar-refractivity contribution is -0.146. The zero-order chi connectivity index (χ0) is 20.9. The second-order valence-corrected chi connectivity index (χ2v) is 9.36. The maximum atomic E-state index is 12.2. The minimum absolute atomic E-state index is 0.00195. The monoisotopic (exact) mass is 395 g/mol. The van der Waals surface area contributed by atoms with Gasteiger partial charge in [0.2, 0.25) is 0 Å². The van der Waals surface area contributed by atoms with E-state index in [2.05, 4.69) is 0 Å². The van der Waals surface area contributed by atoms with Crippen LogP contribution in [0.4, 0.5) is 0 Å². The molecule has 0 radical (unpaired) electrons. The van der Waals surface area contributed by atoms with Crippen LogP contribution in [0.1, 0.15) is 73.1 Å². The van der Waals surface area contributed by atoms with E-state index in [0.717, 1.165) is 45.1 Å². The molecule has 0 N–H and O–H groups in total. The Hall–Kier alpha value is -1.27. The average molecular weight is 396 g/mol. The van der Waals surface area contributed by atoms with Crippen LogP contribution >= 0.6 is 0 Å². The fourth-order valence-electron chi connectivity index (χ4n) is 3.94. The number of ether oxygens (including phenoxy) is 2. The van der Waals surface area contributed by atoms with Crippen molar-refractivity contribution in [3.63, 3.8) is 0 Å². The Balaban J connectivity index is 0.000000221. The van der Waals surface area contributed by atoms with Gasteiger partial charge in [0, 0.05) is 31.1 Å². The number of rotatable bonds is 4. The van der Waals surface area contributed by atoms with Crippen LogP contribution in [0.25, 0.3) is 0 Å². The highest BCUT2D eigenvalue weighted by molar-refractivity contribution is 5.92. The lowest BCUT2D eigenvalue weighted by Crippen LogP contribution is -2.46. The third-order valence-electron chi connectivity index (χ3n) is 5.60. The smallest absolute Gasteiger partial charge is 0.252 e. The fraction of sp³-hybridized carbons (Fsp3) is 0.864. The van der Waals surface area contributed by atoms with Gasteiger partial charge < -0.3 is 14.4 Å². The Labute approximate surface area is 169 Å². The summed E-state index contributed by atoms with van der Waals surface area (Å²) in [6, 6.07) is -0.202. The van der Waals surface area contributed by atoms with Gasteiger partial charge in [-0.1, -0.05) is 34.6 Å². The van der Waals surface area contributed by atoms with Gasteiger partial charge in [0.15, 0.2) is 11.6 Å². The molecule has 28 heavy (non-hydrogen) atoms. The number of amides is 1. The minimum Gasteiger partial charge on any atom is -0.370 e. The summed E-state index contributed by atoms with van der Waals surface area (Å²) in [5.41, 5.74) is -0.241. The number of Topliss-reactive ketones (excluding diaryl/α,β-unsaturated/α-hetero) is 2. The molecular formula is C22H37NO5. The summed E-state index contributed by atoms with van der Waals surface area (Å²) in [5.74, 6) is 0.459. The topological polar surface area (TPSA) is 72.9 Å². The van der Waals surface area contributed by atoms with E-state index in [-0.39, 0.29) is 47.1 Å². The maximum Gasteiger partial charge on any atom is 0.252 e. The summed E-state index contributed by atoms with van der Waals surface area (Å²) in [5, 5.41) is 0. The van der Waals surface area contributed by atoms with Crippen molar-refractivity contribution in [3.05, 3.63) is 0 Å². The van der Waals surface area contributed by atoms with Gasteiger partial charge in [-0.05, 0) is 38.5 Å². The van der Waals surface area contributed by atoms with E-state index < -0.39 is 0 Å². The van der Waals surface area contributed by atoms with Gasteiger partial charge in [0.1, 0.15) is 12.2 Å². The Morgan fingerprint density at radius 1 is 0.893 bits per heavy atom. The Kier molecular flexibility index (Phi) is 8.19. The molecule has 3 fully saturated rings. The Morgan fingerprint density at radius 3 is 1.93 bits per heavy atom. The summed E-state index contributed by atoms with van der Waals surface area (Å²) in [4.78, 5) is 37.6. The van der Waals surface area contributed by atoms with Gasteiger partial charge in [-0.25, -0.2) is 0 Å². The Morgan fingerprint density at radius 2 is 1.46 bits per heavy atom. The van der Waals surface area contributed by atoms with Gasteiger partial charge >= 0.3 is 0 Å². The van der Waals surface area contributed by atoms with Gasteiger partial charge in [-0.3, -0.25) is 14.4 Å². The highest BCUT2D eigenvalue weighted by Gasteiger charge is 2.38. The summed E-state index contributed by atoms with van der Waals surface area (Å²) in [6.45, 7) is 11.8. The number of hydrogen-bond donors (Lipinski definition) is 0. The van der Waals surface area contributed by atoms with Crippen LogP contribution in [0.15, 0.2) is 0 Å². The largest absolute Gasteiger partial charge is 0.370 e. The molecular weight excluding hydrogens is 358 g/mol. The number of ketones is 2. The molecule has 0 saturated carbocycles. The van der Waals surface area contributed by atoms with Crippen LogP contribution in [0, 0.1) is 11.3 Å². The number of nitrogens with zero attached hydrogens (tertiary/aromatic N) is 1. The molecule has 6 heteroatoms. The van der Waals surface area contributed by atoms with Crippen LogP contribution < -0.4 is 0 Å². The summed E-state index contributed by atoms with van der Waals surface area (Å²) < 4.78 is 10.7. The quantitative estimate of drug-likeness (QED) is 0.731. The highest BCUT2D eigenvalue weighted by Crippen LogP contribution is 2.25. The zero-order valence-electron chi connectivity index (χ0n) is 18.2. The number of carbonyl (C=O) groups excluding carboxylic acids is 3. The first-order valence-corrected chi connectivity index (χ1v) is 10.7. The molecule has 6 nitrogen and oxygen atoms in total. The first-order chi connectivity index (χ1) is 13.1. The minimum atomic E-state index is -0.296. The molecule has 3 atom stereocenters. The fourth-order valence-corrected chi connectivity index (χ4v) is 3.94. The van der Waals surface area contributed by atoms with Gasteiger partial charge in [0.05, 0.1) is 6.04 Å². The number of carbonyl (C=O) groups is 3. The summed E-state index contributed by atoms with van der Waals surface area (Å²) in [7, 11) is 0. The third kappa shape index (κ3) is 5.86. The van der Waals surface area contributed by atoms with Crippen LogP contribution in [0.5, 0.6) is 0 Å². The standard InChI is InChI=1S/C13H21NO3.C9H16O2/c1-9(2)12(15)10-5-3-7-14(10)13(16)11-6-4-8-17-11;1-9(2,3)8(10)7-5-4-6-11-7/h9-11H,3-8H2,1-2H3;7H,4-6H2,1-3H3/t10-,11+;7-/m01/s1. The lowest BCUT2D eigenvalue weighted by atomic mass is 9.87. The van der Waals surface area contributed by atoms with Crippen LogP contribution in [-0.2, 0) is 23.9 Å². The second-order valence-electron chi connectivity index (χ2n) is 9.36. The van der Waals surface area contributed by atoms with E-state index in [1.165, 1.54) is 0 Å². The predicted molar refractivity (Wildman–Crippen MR) is 107 cm³/mol. The average Bonchev–Trinajstić information content (AvgIpc) is 3.41. The van der Waals surface area contributed by atoms with E-state index in [4.69, 9.17) is 9.47 Å². The van der Waals surface area contributed by atoms with E-state index in [0.29, 0.717) is 13.2 Å². The molecule has 160 valence electrons. The molecule has 3 aliphatic heterocycles. The zero-order valence-corrected chi connectivity index (χ0v) is 18.2. The highest BCUT2D eigenvalue weighted by atomic mass is 16.5. The lowest BCUT2D eigenvalue weighted by Gasteiger charge is -2.27. The molecule has 3 heterocycles. The van der Waals surface area contributed by atoms with Crippen molar-refractivity contribution >= 4 is 17.5 Å². The molecule has 3 rings (SSSR count). The van der Waals surface area contributed by atoms with Crippen molar-refractivity contribution in [2.24, 2.45) is 11.3 Å². The molecule has 0 aromatic heterocycles. The van der Waals surface area contributed by atoms with E-state index in [1.54, 1.807) is 4.90 Å². The SMILES string of the molecule is CC(C)(C)C(=O)[C@H]1CCCO1.CC(C)C(=O)[C@@H]1CCCN1C(=O)[C@H]1CCCO1. The summed E-state index contributed by atoms with van der Waals surface area (Å²) >= 11 is 0. The van der Waals surface area contributed by atoms with Crippen molar-refractivity contribution in [1.29, 1.82) is 0 Å². The predicted octanol–water partition coefficient (Wildman–Crippen LogP) is 3.16. The normalized spacial score (nSPS) is 27.6. The van der Waals surface area contributed by atoms with Gasteiger partial charge in [-0.15, -0.1) is 0 Å². The molecule has 0 aliphatic carbocycles. The number of hydrogen-bond acceptors (Lipinski definition) is 5. The van der Waals surface area contributed by atoms with E-state index in [1.807, 2.05) is 34.6 Å². The Bertz CT molecular complexity index is 554. The molecule has 3 aliphatic rings. The molecule has 0 aromatic rings. The molecule has 0 unspecified atom stereocenters. The molecule has 3 saturated heterocycles. The van der Waals surface area contributed by atoms with Gasteiger partial charge in [0.25, 0.3) is 5.91 Å². The second kappa shape index (κ2) is 9.97. The molecule has 0 aromatic carbocycles. The number of likely N-dealkylation sites (tertiary alicyclic amines) is 1. The van der Waals surface area contributed by atoms with Crippen molar-refractivity contribution < 1.29 is 23.9 Å². The first-order valence-electron chi connectivity index (χ1n) is 10.7. The van der Waals surface area contributed by atoms with Crippen molar-refractivity contribution in [3.8, 4) is 0 Å².